The van der Waals surface area contributed by atoms with Gasteiger partial charge in [0, 0.05) is 31.7 Å². The molecule has 2 aromatic rings. The summed E-state index contributed by atoms with van der Waals surface area (Å²) in [6, 6.07) is 6.02. The third-order valence-corrected chi connectivity index (χ3v) is 2.82. The van der Waals surface area contributed by atoms with Crippen molar-refractivity contribution in [3.63, 3.8) is 0 Å². The number of nitrogens with zero attached hydrogens (tertiary/aromatic N) is 3. The predicted octanol–water partition coefficient (Wildman–Crippen LogP) is 3.13. The van der Waals surface area contributed by atoms with Crippen molar-refractivity contribution >= 4 is 0 Å². The highest BCUT2D eigenvalue weighted by atomic mass is 19.4. The van der Waals surface area contributed by atoms with Crippen molar-refractivity contribution in [3.05, 3.63) is 59.7 Å². The molecule has 0 N–H and O–H groups in total. The molecule has 0 atom stereocenters. The zero-order valence-electron chi connectivity index (χ0n) is 10.9. The van der Waals surface area contributed by atoms with E-state index in [4.69, 9.17) is 0 Å². The zero-order chi connectivity index (χ0) is 14.6. The quantitative estimate of drug-likeness (QED) is 0.862. The highest BCUT2D eigenvalue weighted by molar-refractivity contribution is 5.23. The van der Waals surface area contributed by atoms with Crippen LogP contribution < -0.4 is 0 Å². The second-order valence-corrected chi connectivity index (χ2v) is 4.52. The van der Waals surface area contributed by atoms with Gasteiger partial charge < -0.3 is 0 Å². The predicted molar refractivity (Wildman–Crippen MR) is 68.6 cm³/mol. The lowest BCUT2D eigenvalue weighted by Crippen LogP contribution is -2.21. The van der Waals surface area contributed by atoms with Gasteiger partial charge in [0.15, 0.2) is 0 Å². The summed E-state index contributed by atoms with van der Waals surface area (Å²) in [5.74, 6) is 0. The van der Waals surface area contributed by atoms with Crippen LogP contribution in [0.2, 0.25) is 0 Å². The average molecular weight is 281 g/mol. The van der Waals surface area contributed by atoms with Crippen LogP contribution in [0.1, 0.15) is 16.8 Å². The van der Waals surface area contributed by atoms with Gasteiger partial charge in [0.2, 0.25) is 0 Å². The molecule has 0 aliphatic carbocycles. The second kappa shape index (κ2) is 6.00. The number of rotatable bonds is 4. The SMILES string of the molecule is CN(Cc1ccncc1)Cc1ncccc1C(F)(F)F. The molecule has 0 aromatic carbocycles. The molecule has 2 heterocycles. The van der Waals surface area contributed by atoms with Gasteiger partial charge in [0.25, 0.3) is 0 Å². The Morgan fingerprint density at radius 2 is 1.75 bits per heavy atom. The number of alkyl halides is 3. The molecule has 0 aliphatic heterocycles. The Morgan fingerprint density at radius 3 is 2.40 bits per heavy atom. The van der Waals surface area contributed by atoms with E-state index in [-0.39, 0.29) is 12.2 Å². The first-order valence-corrected chi connectivity index (χ1v) is 6.05. The van der Waals surface area contributed by atoms with E-state index in [1.54, 1.807) is 24.3 Å². The lowest BCUT2D eigenvalue weighted by Gasteiger charge is -2.19. The molecule has 106 valence electrons. The van der Waals surface area contributed by atoms with Crippen molar-refractivity contribution in [2.75, 3.05) is 7.05 Å². The van der Waals surface area contributed by atoms with Crippen molar-refractivity contribution in [1.82, 2.24) is 14.9 Å². The van der Waals surface area contributed by atoms with Gasteiger partial charge in [-0.05, 0) is 36.9 Å². The minimum absolute atomic E-state index is 0.0385. The molecule has 0 aliphatic rings. The molecule has 6 heteroatoms. The molecule has 0 spiro atoms. The summed E-state index contributed by atoms with van der Waals surface area (Å²) in [5.41, 5.74) is 0.352. The van der Waals surface area contributed by atoms with Crippen LogP contribution in [0.15, 0.2) is 42.9 Å². The largest absolute Gasteiger partial charge is 0.418 e. The Hall–Kier alpha value is -1.95. The zero-order valence-corrected chi connectivity index (χ0v) is 10.9. The van der Waals surface area contributed by atoms with E-state index in [9.17, 15) is 13.2 Å². The highest BCUT2D eigenvalue weighted by Gasteiger charge is 2.33. The fraction of sp³-hybridized carbons (Fsp3) is 0.286. The molecule has 0 bridgehead atoms. The number of aromatic nitrogens is 2. The summed E-state index contributed by atoms with van der Waals surface area (Å²) >= 11 is 0. The standard InChI is InChI=1S/C14H14F3N3/c1-20(9-11-4-7-18-8-5-11)10-13-12(14(15,16)17)3-2-6-19-13/h2-8H,9-10H2,1H3. The normalized spacial score (nSPS) is 11.8. The average Bonchev–Trinajstić information content (AvgIpc) is 2.39. The molecule has 20 heavy (non-hydrogen) atoms. The summed E-state index contributed by atoms with van der Waals surface area (Å²) in [4.78, 5) is 9.54. The summed E-state index contributed by atoms with van der Waals surface area (Å²) in [7, 11) is 1.76. The van der Waals surface area contributed by atoms with Gasteiger partial charge in [-0.15, -0.1) is 0 Å². The second-order valence-electron chi connectivity index (χ2n) is 4.52. The van der Waals surface area contributed by atoms with Crippen LogP contribution in [0.5, 0.6) is 0 Å². The van der Waals surface area contributed by atoms with E-state index >= 15 is 0 Å². The first-order chi connectivity index (χ1) is 9.47. The molecule has 0 saturated heterocycles. The van der Waals surface area contributed by atoms with E-state index < -0.39 is 11.7 Å². The molecule has 0 amide bonds. The van der Waals surface area contributed by atoms with Gasteiger partial charge >= 0.3 is 6.18 Å². The minimum Gasteiger partial charge on any atom is -0.296 e. The Bertz CT molecular complexity index is 555. The van der Waals surface area contributed by atoms with Crippen LogP contribution in [0.25, 0.3) is 0 Å². The van der Waals surface area contributed by atoms with Crippen LogP contribution in [0, 0.1) is 0 Å². The molecule has 3 nitrogen and oxygen atoms in total. The van der Waals surface area contributed by atoms with Gasteiger partial charge in [0.05, 0.1) is 11.3 Å². The van der Waals surface area contributed by atoms with Crippen LogP contribution in [-0.4, -0.2) is 21.9 Å². The minimum atomic E-state index is -4.37. The van der Waals surface area contributed by atoms with Crippen LogP contribution in [0.3, 0.4) is 0 Å². The van der Waals surface area contributed by atoms with E-state index in [0.717, 1.165) is 11.6 Å². The van der Waals surface area contributed by atoms with Gasteiger partial charge in [-0.2, -0.15) is 13.2 Å². The van der Waals surface area contributed by atoms with Gasteiger partial charge in [-0.3, -0.25) is 14.9 Å². The van der Waals surface area contributed by atoms with Gasteiger partial charge in [-0.1, -0.05) is 0 Å². The molecule has 0 fully saturated rings. The number of hydrogen-bond acceptors (Lipinski definition) is 3. The van der Waals surface area contributed by atoms with E-state index in [1.165, 1.54) is 12.3 Å². The Balaban J connectivity index is 2.10. The van der Waals surface area contributed by atoms with Crippen LogP contribution in [-0.2, 0) is 19.3 Å². The van der Waals surface area contributed by atoms with Crippen molar-refractivity contribution < 1.29 is 13.2 Å². The summed E-state index contributed by atoms with van der Waals surface area (Å²) in [5, 5.41) is 0. The molecule has 2 aromatic heterocycles. The first-order valence-electron chi connectivity index (χ1n) is 6.05. The summed E-state index contributed by atoms with van der Waals surface area (Å²) in [6.07, 6.45) is 0.322. The molecule has 0 unspecified atom stereocenters. The Morgan fingerprint density at radius 1 is 1.05 bits per heavy atom. The van der Waals surface area contributed by atoms with Crippen molar-refractivity contribution in [1.29, 1.82) is 0 Å². The summed E-state index contributed by atoms with van der Waals surface area (Å²) < 4.78 is 38.6. The number of pyridine rings is 2. The fourth-order valence-corrected chi connectivity index (χ4v) is 1.93. The third-order valence-electron chi connectivity index (χ3n) is 2.82. The maximum atomic E-state index is 12.9. The van der Waals surface area contributed by atoms with Crippen molar-refractivity contribution in [3.8, 4) is 0 Å². The third kappa shape index (κ3) is 3.77. The monoisotopic (exact) mass is 281 g/mol. The maximum absolute atomic E-state index is 12.9. The van der Waals surface area contributed by atoms with Crippen LogP contribution >= 0.6 is 0 Å². The lowest BCUT2D eigenvalue weighted by molar-refractivity contribution is -0.138. The molecule has 0 saturated carbocycles. The van der Waals surface area contributed by atoms with E-state index in [1.807, 2.05) is 12.1 Å². The van der Waals surface area contributed by atoms with Crippen molar-refractivity contribution in [2.24, 2.45) is 0 Å². The highest BCUT2D eigenvalue weighted by Crippen LogP contribution is 2.31. The topological polar surface area (TPSA) is 29.0 Å². The van der Waals surface area contributed by atoms with Gasteiger partial charge in [-0.25, -0.2) is 0 Å². The Kier molecular flexibility index (Phi) is 4.34. The molecule has 2 rings (SSSR count). The van der Waals surface area contributed by atoms with Crippen molar-refractivity contribution in [2.45, 2.75) is 19.3 Å². The first kappa shape index (κ1) is 14.5. The van der Waals surface area contributed by atoms with E-state index in [0.29, 0.717) is 6.54 Å². The van der Waals surface area contributed by atoms with Gasteiger partial charge in [0.1, 0.15) is 0 Å². The lowest BCUT2D eigenvalue weighted by atomic mass is 10.1. The maximum Gasteiger partial charge on any atom is 0.418 e. The summed E-state index contributed by atoms with van der Waals surface area (Å²) in [6.45, 7) is 0.675. The Labute approximate surface area is 115 Å². The molecule has 0 radical (unpaired) electrons. The molecular formula is C14H14F3N3. The smallest absolute Gasteiger partial charge is 0.296 e. The number of hydrogen-bond donors (Lipinski definition) is 0. The molecular weight excluding hydrogens is 267 g/mol. The number of halogens is 3. The van der Waals surface area contributed by atoms with E-state index in [2.05, 4.69) is 9.97 Å². The fourth-order valence-electron chi connectivity index (χ4n) is 1.93. The van der Waals surface area contributed by atoms with Crippen LogP contribution in [0.4, 0.5) is 13.2 Å².